The van der Waals surface area contributed by atoms with Crippen molar-refractivity contribution < 1.29 is 13.2 Å². The second-order valence-corrected chi connectivity index (χ2v) is 9.60. The minimum Gasteiger partial charge on any atom is -0.327 e. The molecule has 0 spiro atoms. The van der Waals surface area contributed by atoms with Gasteiger partial charge in [-0.15, -0.1) is 0 Å². The molecule has 2 aliphatic carbocycles. The Labute approximate surface area is 143 Å². The number of nitrogens with two attached hydrogens (primary N) is 1. The molecule has 2 saturated carbocycles. The summed E-state index contributed by atoms with van der Waals surface area (Å²) in [7, 11) is -3.09. The van der Waals surface area contributed by atoms with Crippen molar-refractivity contribution >= 4 is 21.4 Å². The third kappa shape index (κ3) is 4.16. The van der Waals surface area contributed by atoms with Gasteiger partial charge in [0.15, 0.2) is 9.84 Å². The molecule has 1 aromatic carbocycles. The molecule has 0 aliphatic heterocycles. The molecule has 2 aliphatic rings. The molecule has 24 heavy (non-hydrogen) atoms. The van der Waals surface area contributed by atoms with Gasteiger partial charge in [-0.05, 0) is 55.2 Å². The number of amides is 1. The van der Waals surface area contributed by atoms with E-state index in [1.807, 2.05) is 0 Å². The topological polar surface area (TPSA) is 89.3 Å². The van der Waals surface area contributed by atoms with Gasteiger partial charge in [-0.1, -0.05) is 18.6 Å². The Morgan fingerprint density at radius 2 is 1.92 bits per heavy atom. The number of hydrogen-bond donors (Lipinski definition) is 2. The second kappa shape index (κ2) is 6.84. The maximum Gasteiger partial charge on any atom is 0.227 e. The van der Waals surface area contributed by atoms with Crippen molar-refractivity contribution in [3.8, 4) is 0 Å². The lowest BCUT2D eigenvalue weighted by Gasteiger charge is -2.43. The highest BCUT2D eigenvalue weighted by molar-refractivity contribution is 7.89. The van der Waals surface area contributed by atoms with Crippen LogP contribution in [0.3, 0.4) is 0 Å². The molecule has 1 amide bonds. The van der Waals surface area contributed by atoms with Crippen LogP contribution in [0.1, 0.15) is 37.7 Å². The third-order valence-electron chi connectivity index (χ3n) is 5.41. The van der Waals surface area contributed by atoms with Gasteiger partial charge in [0.2, 0.25) is 5.91 Å². The molecule has 0 saturated heterocycles. The monoisotopic (exact) mass is 350 g/mol. The van der Waals surface area contributed by atoms with Crippen LogP contribution < -0.4 is 11.1 Å². The van der Waals surface area contributed by atoms with Crippen molar-refractivity contribution in [2.45, 2.75) is 43.9 Å². The van der Waals surface area contributed by atoms with Crippen molar-refractivity contribution in [3.63, 3.8) is 0 Å². The van der Waals surface area contributed by atoms with Crippen LogP contribution in [0, 0.1) is 17.8 Å². The first-order valence-corrected chi connectivity index (χ1v) is 10.7. The molecule has 0 aromatic heterocycles. The number of carbonyl (C=O) groups excluding carboxylic acids is 1. The first-order valence-electron chi connectivity index (χ1n) is 8.65. The molecule has 0 heterocycles. The van der Waals surface area contributed by atoms with E-state index in [4.69, 9.17) is 5.73 Å². The molecule has 0 radical (unpaired) electrons. The molecule has 3 rings (SSSR count). The molecule has 5 nitrogen and oxygen atoms in total. The molecule has 132 valence electrons. The van der Waals surface area contributed by atoms with Gasteiger partial charge in [0.1, 0.15) is 0 Å². The van der Waals surface area contributed by atoms with Crippen LogP contribution in [0.5, 0.6) is 0 Å². The van der Waals surface area contributed by atoms with E-state index in [-0.39, 0.29) is 23.6 Å². The maximum absolute atomic E-state index is 12.6. The van der Waals surface area contributed by atoms with Crippen molar-refractivity contribution in [1.82, 2.24) is 0 Å². The molecule has 2 unspecified atom stereocenters. The Morgan fingerprint density at radius 3 is 2.54 bits per heavy atom. The van der Waals surface area contributed by atoms with Crippen LogP contribution in [0.25, 0.3) is 0 Å². The number of rotatable bonds is 4. The summed E-state index contributed by atoms with van der Waals surface area (Å²) >= 11 is 0. The first-order chi connectivity index (χ1) is 11.3. The summed E-state index contributed by atoms with van der Waals surface area (Å²) in [5.74, 6) is 0.961. The number of hydrogen-bond acceptors (Lipinski definition) is 4. The summed E-state index contributed by atoms with van der Waals surface area (Å²) in [6, 6.07) is 7.34. The Morgan fingerprint density at radius 1 is 1.25 bits per heavy atom. The summed E-state index contributed by atoms with van der Waals surface area (Å²) in [5.41, 5.74) is 7.65. The first kappa shape index (κ1) is 17.4. The Balaban J connectivity index is 1.66. The van der Waals surface area contributed by atoms with Crippen LogP contribution >= 0.6 is 0 Å². The predicted molar refractivity (Wildman–Crippen MR) is 95.1 cm³/mol. The number of fused-ring (bicyclic) bond motifs is 2. The highest BCUT2D eigenvalue weighted by atomic mass is 32.2. The van der Waals surface area contributed by atoms with E-state index >= 15 is 0 Å². The zero-order chi connectivity index (χ0) is 17.3. The highest BCUT2D eigenvalue weighted by Gasteiger charge is 2.40. The van der Waals surface area contributed by atoms with E-state index in [9.17, 15) is 13.2 Å². The number of benzene rings is 1. The van der Waals surface area contributed by atoms with E-state index in [2.05, 4.69) is 5.32 Å². The van der Waals surface area contributed by atoms with E-state index in [0.717, 1.165) is 25.7 Å². The largest absolute Gasteiger partial charge is 0.327 e. The molecule has 2 bridgehead atoms. The van der Waals surface area contributed by atoms with Crippen molar-refractivity contribution in [1.29, 1.82) is 0 Å². The summed E-state index contributed by atoms with van der Waals surface area (Å²) in [5, 5.41) is 2.97. The average molecular weight is 350 g/mol. The minimum atomic E-state index is -3.09. The fraction of sp³-hybridized carbons (Fsp3) is 0.611. The van der Waals surface area contributed by atoms with Crippen LogP contribution in [-0.2, 0) is 20.4 Å². The molecule has 6 heteroatoms. The van der Waals surface area contributed by atoms with Gasteiger partial charge in [-0.3, -0.25) is 4.79 Å². The quantitative estimate of drug-likeness (QED) is 0.872. The normalized spacial score (nSPS) is 29.9. The molecular weight excluding hydrogens is 324 g/mol. The number of carbonyl (C=O) groups is 1. The molecule has 2 fully saturated rings. The van der Waals surface area contributed by atoms with Crippen LogP contribution in [0.15, 0.2) is 24.3 Å². The van der Waals surface area contributed by atoms with Gasteiger partial charge in [0.05, 0.1) is 5.75 Å². The summed E-state index contributed by atoms with van der Waals surface area (Å²) in [6.07, 6.45) is 6.43. The highest BCUT2D eigenvalue weighted by Crippen LogP contribution is 2.42. The SMILES string of the molecule is CS(=O)(=O)Cc1cccc(NC(=O)C2CC3CCCC(C2)C3N)c1. The summed E-state index contributed by atoms with van der Waals surface area (Å²) < 4.78 is 22.8. The van der Waals surface area contributed by atoms with E-state index < -0.39 is 9.84 Å². The lowest BCUT2D eigenvalue weighted by atomic mass is 9.65. The smallest absolute Gasteiger partial charge is 0.227 e. The maximum atomic E-state index is 12.6. The lowest BCUT2D eigenvalue weighted by Crippen LogP contribution is -2.48. The van der Waals surface area contributed by atoms with Crippen molar-refractivity contribution in [2.24, 2.45) is 23.5 Å². The zero-order valence-corrected chi connectivity index (χ0v) is 14.9. The Bertz CT molecular complexity index is 703. The van der Waals surface area contributed by atoms with Gasteiger partial charge in [0, 0.05) is 23.9 Å². The number of sulfone groups is 1. The number of nitrogens with one attached hydrogen (secondary N) is 1. The van der Waals surface area contributed by atoms with E-state index in [1.54, 1.807) is 24.3 Å². The molecule has 2 atom stereocenters. The molecular formula is C18H26N2O3S. The average Bonchev–Trinajstić information content (AvgIpc) is 2.45. The van der Waals surface area contributed by atoms with Gasteiger partial charge < -0.3 is 11.1 Å². The van der Waals surface area contributed by atoms with Gasteiger partial charge >= 0.3 is 0 Å². The fourth-order valence-electron chi connectivity index (χ4n) is 4.29. The Kier molecular flexibility index (Phi) is 4.97. The zero-order valence-electron chi connectivity index (χ0n) is 14.1. The Hall–Kier alpha value is -1.40. The second-order valence-electron chi connectivity index (χ2n) is 7.46. The van der Waals surface area contributed by atoms with E-state index in [0.29, 0.717) is 23.1 Å². The van der Waals surface area contributed by atoms with Gasteiger partial charge in [-0.25, -0.2) is 8.42 Å². The van der Waals surface area contributed by atoms with Gasteiger partial charge in [0.25, 0.3) is 0 Å². The number of anilines is 1. The van der Waals surface area contributed by atoms with Crippen molar-refractivity contribution in [3.05, 3.63) is 29.8 Å². The lowest BCUT2D eigenvalue weighted by molar-refractivity contribution is -0.122. The standard InChI is InChI=1S/C18H26N2O3S/c1-24(22,23)11-12-4-2-7-16(8-12)20-18(21)15-9-13-5-3-6-14(10-15)17(13)19/h2,4,7-8,13-15,17H,3,5-6,9-11,19H2,1H3,(H,20,21). The van der Waals surface area contributed by atoms with E-state index in [1.165, 1.54) is 12.7 Å². The summed E-state index contributed by atoms with van der Waals surface area (Å²) in [6.45, 7) is 0. The predicted octanol–water partition coefficient (Wildman–Crippen LogP) is 2.32. The van der Waals surface area contributed by atoms with Gasteiger partial charge in [-0.2, -0.15) is 0 Å². The third-order valence-corrected chi connectivity index (χ3v) is 6.26. The molecule has 3 N–H and O–H groups in total. The van der Waals surface area contributed by atoms with Crippen LogP contribution in [0.4, 0.5) is 5.69 Å². The van der Waals surface area contributed by atoms with Crippen LogP contribution in [-0.4, -0.2) is 26.6 Å². The van der Waals surface area contributed by atoms with Crippen molar-refractivity contribution in [2.75, 3.05) is 11.6 Å². The minimum absolute atomic E-state index is 0.0127. The fourth-order valence-corrected chi connectivity index (χ4v) is 5.07. The summed E-state index contributed by atoms with van der Waals surface area (Å²) in [4.78, 5) is 12.6. The van der Waals surface area contributed by atoms with Crippen LogP contribution in [0.2, 0.25) is 0 Å². The molecule has 1 aromatic rings.